The van der Waals surface area contributed by atoms with Crippen LogP contribution < -0.4 is 38.9 Å². The molecule has 3 aliphatic carbocycles. The van der Waals surface area contributed by atoms with E-state index < -0.39 is 47.6 Å². The predicted molar refractivity (Wildman–Crippen MR) is 177 cm³/mol. The first-order valence-corrected chi connectivity index (χ1v) is 19.0. The molecule has 3 saturated carbocycles. The lowest BCUT2D eigenvalue weighted by molar-refractivity contribution is -0.200. The largest absolute Gasteiger partial charge is 0.392 e. The molecule has 3 fully saturated rings. The van der Waals surface area contributed by atoms with Crippen molar-refractivity contribution in [3.05, 3.63) is 0 Å². The fraction of sp³-hybridized carbons (Fsp3) is 0.967. The highest BCUT2D eigenvalue weighted by Crippen LogP contribution is 2.46. The van der Waals surface area contributed by atoms with E-state index in [9.17, 15) is 31.1 Å². The zero-order chi connectivity index (χ0) is 34.6. The maximum absolute atomic E-state index is 14.1. The molecule has 0 radical (unpaired) electrons. The first kappa shape index (κ1) is 40.7. The van der Waals surface area contributed by atoms with Gasteiger partial charge in [0.1, 0.15) is 0 Å². The van der Waals surface area contributed by atoms with Crippen molar-refractivity contribution in [1.82, 2.24) is 16.0 Å². The number of ether oxygens (including phenoxy) is 1. The van der Waals surface area contributed by atoms with Gasteiger partial charge in [0.25, 0.3) is 0 Å². The van der Waals surface area contributed by atoms with Gasteiger partial charge in [-0.2, -0.15) is 49.9 Å². The Morgan fingerprint density at radius 2 is 1.45 bits per heavy atom. The van der Waals surface area contributed by atoms with Crippen molar-refractivity contribution in [2.75, 3.05) is 44.2 Å². The standard InChI is InChI=1S/C30H55F6N7O2S2/c31-29(32,33)19-13-21(41-9-6-38)15-22(14-19)45-25-4-3-20(12-18(25)2-1-5-37)42-28(44)43-24-16-23(30(34,35)36)26(46-10-7-39)17-27(24)47-11-8-40/h18-27,41H,1-17,37-40H2,(H2,42,43,44). The number of hydrogen-bond donors (Lipinski definition) is 7. The van der Waals surface area contributed by atoms with Gasteiger partial charge in [0.05, 0.1) is 24.0 Å². The SMILES string of the molecule is NCCCC1CC(NC(=O)NC2CC(C(F)(F)F)C(SCCN)CC2SCCN)CCC1OC1CC(NCCN)CC(C(F)(F)F)C1. The number of halogens is 6. The molecule has 10 unspecified atom stereocenters. The summed E-state index contributed by atoms with van der Waals surface area (Å²) < 4.78 is 90.0. The molecule has 47 heavy (non-hydrogen) atoms. The molecule has 11 N–H and O–H groups in total. The normalized spacial score (nSPS) is 33.8. The second kappa shape index (κ2) is 19.6. The predicted octanol–water partition coefficient (Wildman–Crippen LogP) is 3.69. The molecule has 0 bridgehead atoms. The number of carbonyl (C=O) groups is 1. The summed E-state index contributed by atoms with van der Waals surface area (Å²) >= 11 is 2.73. The number of rotatable bonds is 16. The van der Waals surface area contributed by atoms with Gasteiger partial charge in [-0.15, -0.1) is 0 Å². The highest BCUT2D eigenvalue weighted by Gasteiger charge is 2.51. The van der Waals surface area contributed by atoms with Crippen LogP contribution in [-0.2, 0) is 4.74 Å². The molecule has 0 aliphatic heterocycles. The molecular weight excluding hydrogens is 668 g/mol. The van der Waals surface area contributed by atoms with Crippen molar-refractivity contribution in [2.45, 2.75) is 117 Å². The Bertz CT molecular complexity index is 925. The minimum atomic E-state index is -4.40. The number of nitrogens with one attached hydrogen (secondary N) is 3. The van der Waals surface area contributed by atoms with E-state index in [1.165, 1.54) is 23.5 Å². The zero-order valence-corrected chi connectivity index (χ0v) is 28.6. The summed E-state index contributed by atoms with van der Waals surface area (Å²) in [6.07, 6.45) is -6.11. The van der Waals surface area contributed by atoms with E-state index in [4.69, 9.17) is 27.7 Å². The molecule has 3 aliphatic rings. The van der Waals surface area contributed by atoms with Crippen molar-refractivity contribution < 1.29 is 35.9 Å². The smallest absolute Gasteiger partial charge is 0.375 e. The van der Waals surface area contributed by atoms with Gasteiger partial charge in [0.15, 0.2) is 0 Å². The van der Waals surface area contributed by atoms with Gasteiger partial charge >= 0.3 is 18.4 Å². The summed E-state index contributed by atoms with van der Waals surface area (Å²) in [6, 6.07) is -1.80. The molecule has 0 spiro atoms. The summed E-state index contributed by atoms with van der Waals surface area (Å²) in [6.45, 7) is 1.87. The Hall–Kier alpha value is -0.690. The van der Waals surface area contributed by atoms with Crippen LogP contribution in [0.5, 0.6) is 0 Å². The van der Waals surface area contributed by atoms with Crippen molar-refractivity contribution in [2.24, 2.45) is 40.7 Å². The lowest BCUT2D eigenvalue weighted by Gasteiger charge is -2.43. The summed E-state index contributed by atoms with van der Waals surface area (Å²) in [5.41, 5.74) is 22.6. The third kappa shape index (κ3) is 13.2. The number of hydrogen-bond acceptors (Lipinski definition) is 9. The van der Waals surface area contributed by atoms with Crippen molar-refractivity contribution in [3.63, 3.8) is 0 Å². The van der Waals surface area contributed by atoms with Gasteiger partial charge in [-0.25, -0.2) is 4.79 Å². The lowest BCUT2D eigenvalue weighted by atomic mass is 9.79. The van der Waals surface area contributed by atoms with Crippen LogP contribution in [0.2, 0.25) is 0 Å². The van der Waals surface area contributed by atoms with Crippen molar-refractivity contribution in [1.29, 1.82) is 0 Å². The Balaban J connectivity index is 1.63. The topological polar surface area (TPSA) is 166 Å². The molecule has 9 nitrogen and oxygen atoms in total. The van der Waals surface area contributed by atoms with Crippen molar-refractivity contribution >= 4 is 29.6 Å². The minimum Gasteiger partial charge on any atom is -0.375 e. The van der Waals surface area contributed by atoms with E-state index >= 15 is 0 Å². The van der Waals surface area contributed by atoms with Crippen LogP contribution >= 0.6 is 23.5 Å². The van der Waals surface area contributed by atoms with Crippen molar-refractivity contribution in [3.8, 4) is 0 Å². The third-order valence-electron chi connectivity index (χ3n) is 9.60. The molecule has 10 atom stereocenters. The molecule has 0 heterocycles. The van der Waals surface area contributed by atoms with Crippen LogP contribution in [0.3, 0.4) is 0 Å². The molecule has 17 heteroatoms. The number of carbonyl (C=O) groups excluding carboxylic acids is 1. The Kier molecular flexibility index (Phi) is 17.0. The minimum absolute atomic E-state index is 0.00474. The number of amides is 2. The fourth-order valence-electron chi connectivity index (χ4n) is 7.41. The average molecular weight is 724 g/mol. The lowest BCUT2D eigenvalue weighted by Crippen LogP contribution is -2.56. The Morgan fingerprint density at radius 1 is 0.745 bits per heavy atom. The van der Waals surface area contributed by atoms with Crippen LogP contribution in [0.15, 0.2) is 0 Å². The van der Waals surface area contributed by atoms with Crippen LogP contribution in [-0.4, -0.2) is 103 Å². The van der Waals surface area contributed by atoms with Crippen LogP contribution in [0, 0.1) is 17.8 Å². The van der Waals surface area contributed by atoms with E-state index in [1.54, 1.807) is 0 Å². The Morgan fingerprint density at radius 3 is 2.06 bits per heavy atom. The van der Waals surface area contributed by atoms with Crippen LogP contribution in [0.4, 0.5) is 31.1 Å². The van der Waals surface area contributed by atoms with Gasteiger partial charge in [0.2, 0.25) is 0 Å². The van der Waals surface area contributed by atoms with Gasteiger partial charge in [-0.05, 0) is 76.7 Å². The average Bonchev–Trinajstić information content (AvgIpc) is 3.01. The van der Waals surface area contributed by atoms with Crippen LogP contribution in [0.1, 0.15) is 64.2 Å². The number of alkyl halides is 6. The van der Waals surface area contributed by atoms with Gasteiger partial charge in [-0.1, -0.05) is 0 Å². The van der Waals surface area contributed by atoms with Gasteiger partial charge < -0.3 is 43.6 Å². The summed E-state index contributed by atoms with van der Waals surface area (Å²) in [5.74, 6) is -2.06. The number of nitrogens with two attached hydrogens (primary N) is 4. The summed E-state index contributed by atoms with van der Waals surface area (Å²) in [4.78, 5) is 13.2. The first-order valence-electron chi connectivity index (χ1n) is 16.9. The van der Waals surface area contributed by atoms with Crippen LogP contribution in [0.25, 0.3) is 0 Å². The second-order valence-corrected chi connectivity index (χ2v) is 15.8. The van der Waals surface area contributed by atoms with E-state index in [0.29, 0.717) is 76.2 Å². The second-order valence-electron chi connectivity index (χ2n) is 13.1. The maximum atomic E-state index is 14.1. The molecule has 0 aromatic rings. The quantitative estimate of drug-likeness (QED) is 0.118. The van der Waals surface area contributed by atoms with Gasteiger partial charge in [0, 0.05) is 66.3 Å². The molecule has 3 rings (SSSR count). The highest BCUT2D eigenvalue weighted by atomic mass is 32.2. The first-order chi connectivity index (χ1) is 22.3. The van der Waals surface area contributed by atoms with E-state index in [1.807, 2.05) is 0 Å². The molecule has 2 amide bonds. The summed E-state index contributed by atoms with van der Waals surface area (Å²) in [5, 5.41) is 8.11. The number of thioether (sulfide) groups is 2. The highest BCUT2D eigenvalue weighted by molar-refractivity contribution is 8.00. The molecular formula is C30H55F6N7O2S2. The monoisotopic (exact) mass is 723 g/mol. The van der Waals surface area contributed by atoms with E-state index in [-0.39, 0.29) is 61.6 Å². The summed E-state index contributed by atoms with van der Waals surface area (Å²) in [7, 11) is 0. The molecule has 276 valence electrons. The zero-order valence-electron chi connectivity index (χ0n) is 27.0. The Labute approximate surface area is 283 Å². The van der Waals surface area contributed by atoms with E-state index in [0.717, 1.165) is 0 Å². The van der Waals surface area contributed by atoms with E-state index in [2.05, 4.69) is 16.0 Å². The maximum Gasteiger partial charge on any atom is 0.392 e. The van der Waals surface area contributed by atoms with Gasteiger partial charge in [-0.3, -0.25) is 0 Å². The number of urea groups is 1. The molecule has 0 aromatic carbocycles. The third-order valence-corrected chi connectivity index (χ3v) is 12.4. The molecule has 0 saturated heterocycles. The molecule has 0 aromatic heterocycles. The fourth-order valence-corrected chi connectivity index (χ4v) is 10.0.